The Kier molecular flexibility index (Phi) is 3.41. The number of aromatic amines is 1. The van der Waals surface area contributed by atoms with Gasteiger partial charge in [0, 0.05) is 27.1 Å². The number of rotatable bonds is 2. The summed E-state index contributed by atoms with van der Waals surface area (Å²) in [5, 5.41) is 12.0. The van der Waals surface area contributed by atoms with Crippen molar-refractivity contribution in [2.45, 2.75) is 13.8 Å². The molecule has 22 heavy (non-hydrogen) atoms. The molecule has 1 aromatic carbocycles. The van der Waals surface area contributed by atoms with E-state index in [2.05, 4.69) is 26.2 Å². The topological polar surface area (TPSA) is 82.2 Å². The van der Waals surface area contributed by atoms with Gasteiger partial charge >= 0.3 is 5.97 Å². The van der Waals surface area contributed by atoms with E-state index in [0.717, 1.165) is 15.7 Å². The van der Waals surface area contributed by atoms with Crippen molar-refractivity contribution in [3.8, 4) is 0 Å². The van der Waals surface area contributed by atoms with Crippen molar-refractivity contribution < 1.29 is 14.7 Å². The van der Waals surface area contributed by atoms with Gasteiger partial charge in [0.2, 0.25) is 0 Å². The fourth-order valence-corrected chi connectivity index (χ4v) is 3.05. The molecule has 0 saturated carbocycles. The SMILES string of the molecule is Cc1[nH]c(C=C2C(=O)Nc3ccc(Br)cc32)c(C)c1C(=O)O. The van der Waals surface area contributed by atoms with Crippen LogP contribution in [0.15, 0.2) is 22.7 Å². The van der Waals surface area contributed by atoms with Crippen molar-refractivity contribution in [2.75, 3.05) is 5.32 Å². The average Bonchev–Trinajstić information content (AvgIpc) is 2.88. The normalized spacial score (nSPS) is 15.0. The first-order valence-electron chi connectivity index (χ1n) is 6.64. The number of benzene rings is 1. The van der Waals surface area contributed by atoms with Gasteiger partial charge in [0.25, 0.3) is 5.91 Å². The van der Waals surface area contributed by atoms with E-state index in [1.807, 2.05) is 18.2 Å². The molecule has 5 nitrogen and oxygen atoms in total. The molecule has 1 aliphatic rings. The van der Waals surface area contributed by atoms with Gasteiger partial charge in [-0.05, 0) is 43.7 Å². The van der Waals surface area contributed by atoms with Crippen molar-refractivity contribution in [3.63, 3.8) is 0 Å². The second-order valence-corrected chi connectivity index (χ2v) is 6.09. The molecule has 0 radical (unpaired) electrons. The van der Waals surface area contributed by atoms with Crippen LogP contribution in [0.25, 0.3) is 11.6 Å². The summed E-state index contributed by atoms with van der Waals surface area (Å²) in [6.45, 7) is 3.44. The maximum absolute atomic E-state index is 12.2. The second kappa shape index (κ2) is 5.14. The molecule has 3 N–H and O–H groups in total. The van der Waals surface area contributed by atoms with E-state index in [0.29, 0.717) is 22.5 Å². The molecular formula is C16H13BrN2O3. The quantitative estimate of drug-likeness (QED) is 0.715. The summed E-state index contributed by atoms with van der Waals surface area (Å²) >= 11 is 3.40. The lowest BCUT2D eigenvalue weighted by atomic mass is 10.0. The van der Waals surface area contributed by atoms with E-state index in [-0.39, 0.29) is 11.5 Å². The highest BCUT2D eigenvalue weighted by molar-refractivity contribution is 9.10. The van der Waals surface area contributed by atoms with Crippen molar-refractivity contribution >= 4 is 45.1 Å². The third-order valence-electron chi connectivity index (χ3n) is 3.74. The van der Waals surface area contributed by atoms with Crippen LogP contribution in [0.2, 0.25) is 0 Å². The minimum atomic E-state index is -0.977. The van der Waals surface area contributed by atoms with Gasteiger partial charge in [0.05, 0.1) is 11.1 Å². The van der Waals surface area contributed by atoms with E-state index in [1.165, 1.54) is 0 Å². The van der Waals surface area contributed by atoms with Gasteiger partial charge < -0.3 is 15.4 Å². The van der Waals surface area contributed by atoms with Gasteiger partial charge in [-0.2, -0.15) is 0 Å². The van der Waals surface area contributed by atoms with Crippen LogP contribution in [-0.2, 0) is 4.79 Å². The molecule has 0 atom stereocenters. The Labute approximate surface area is 135 Å². The summed E-state index contributed by atoms with van der Waals surface area (Å²) in [4.78, 5) is 26.5. The molecule has 2 aromatic rings. The summed E-state index contributed by atoms with van der Waals surface area (Å²) in [6.07, 6.45) is 1.70. The third kappa shape index (κ3) is 2.25. The first-order chi connectivity index (χ1) is 10.4. The molecule has 0 fully saturated rings. The molecule has 0 aliphatic carbocycles. The highest BCUT2D eigenvalue weighted by Crippen LogP contribution is 2.35. The van der Waals surface area contributed by atoms with Gasteiger partial charge in [-0.25, -0.2) is 4.79 Å². The highest BCUT2D eigenvalue weighted by atomic mass is 79.9. The van der Waals surface area contributed by atoms with Crippen LogP contribution in [0.1, 0.15) is 32.9 Å². The Bertz CT molecular complexity index is 849. The Morgan fingerprint density at radius 3 is 2.68 bits per heavy atom. The molecule has 0 unspecified atom stereocenters. The minimum absolute atomic E-state index is 0.198. The van der Waals surface area contributed by atoms with Crippen molar-refractivity contribution in [1.82, 2.24) is 4.98 Å². The number of anilines is 1. The van der Waals surface area contributed by atoms with Gasteiger partial charge in [-0.15, -0.1) is 0 Å². The predicted octanol–water partition coefficient (Wildman–Crippen LogP) is 3.58. The summed E-state index contributed by atoms with van der Waals surface area (Å²) in [7, 11) is 0. The summed E-state index contributed by atoms with van der Waals surface area (Å²) in [5.74, 6) is -1.17. The summed E-state index contributed by atoms with van der Waals surface area (Å²) in [6, 6.07) is 5.55. The fourth-order valence-electron chi connectivity index (χ4n) is 2.69. The molecule has 1 amide bonds. The van der Waals surface area contributed by atoms with Crippen molar-refractivity contribution in [1.29, 1.82) is 0 Å². The van der Waals surface area contributed by atoms with E-state index < -0.39 is 5.97 Å². The third-order valence-corrected chi connectivity index (χ3v) is 4.24. The maximum Gasteiger partial charge on any atom is 0.337 e. The van der Waals surface area contributed by atoms with Gasteiger partial charge in [0.15, 0.2) is 0 Å². The Balaban J connectivity index is 2.15. The zero-order chi connectivity index (χ0) is 16.0. The number of carbonyl (C=O) groups is 2. The van der Waals surface area contributed by atoms with E-state index in [9.17, 15) is 14.7 Å². The second-order valence-electron chi connectivity index (χ2n) is 5.17. The molecule has 1 aliphatic heterocycles. The lowest BCUT2D eigenvalue weighted by Gasteiger charge is -2.00. The number of carbonyl (C=O) groups excluding carboxylic acids is 1. The number of fused-ring (bicyclic) bond motifs is 1. The lowest BCUT2D eigenvalue weighted by molar-refractivity contribution is -0.110. The predicted molar refractivity (Wildman–Crippen MR) is 87.9 cm³/mol. The number of nitrogens with one attached hydrogen (secondary N) is 2. The van der Waals surface area contributed by atoms with Crippen LogP contribution in [0.4, 0.5) is 5.69 Å². The number of H-pyrrole nitrogens is 1. The van der Waals surface area contributed by atoms with Crippen LogP contribution in [-0.4, -0.2) is 22.0 Å². The number of aromatic carboxylic acids is 1. The summed E-state index contributed by atoms with van der Waals surface area (Å²) in [5.41, 5.74) is 4.13. The Hall–Kier alpha value is -2.34. The maximum atomic E-state index is 12.2. The number of aromatic nitrogens is 1. The molecule has 0 bridgehead atoms. The zero-order valence-corrected chi connectivity index (χ0v) is 13.5. The zero-order valence-electron chi connectivity index (χ0n) is 12.0. The van der Waals surface area contributed by atoms with Crippen LogP contribution in [0.5, 0.6) is 0 Å². The molecule has 112 valence electrons. The molecule has 6 heteroatoms. The molecular weight excluding hydrogens is 348 g/mol. The first-order valence-corrected chi connectivity index (χ1v) is 7.43. The molecule has 3 rings (SSSR count). The number of hydrogen-bond donors (Lipinski definition) is 3. The Morgan fingerprint density at radius 2 is 2.05 bits per heavy atom. The number of amides is 1. The number of aryl methyl sites for hydroxylation is 1. The first kappa shape index (κ1) is 14.6. The van der Waals surface area contributed by atoms with E-state index in [1.54, 1.807) is 19.9 Å². The van der Waals surface area contributed by atoms with Gasteiger partial charge in [-0.1, -0.05) is 15.9 Å². The molecule has 1 aromatic heterocycles. The smallest absolute Gasteiger partial charge is 0.337 e. The van der Waals surface area contributed by atoms with Crippen molar-refractivity contribution in [3.05, 3.63) is 50.8 Å². The van der Waals surface area contributed by atoms with Crippen LogP contribution in [0, 0.1) is 13.8 Å². The molecule has 0 spiro atoms. The summed E-state index contributed by atoms with van der Waals surface area (Å²) < 4.78 is 0.874. The standard InChI is InChI=1S/C16H13BrN2O3/c1-7-13(18-8(2)14(7)16(21)22)6-11-10-5-9(17)3-4-12(10)19-15(11)20/h3-6,18H,1-2H3,(H,19,20)(H,21,22). The number of carboxylic acid groups (broad SMARTS) is 1. The highest BCUT2D eigenvalue weighted by Gasteiger charge is 2.25. The monoisotopic (exact) mass is 360 g/mol. The van der Waals surface area contributed by atoms with E-state index in [4.69, 9.17) is 0 Å². The largest absolute Gasteiger partial charge is 0.478 e. The lowest BCUT2D eigenvalue weighted by Crippen LogP contribution is -2.03. The van der Waals surface area contributed by atoms with Crippen molar-refractivity contribution in [2.24, 2.45) is 0 Å². The van der Waals surface area contributed by atoms with Gasteiger partial charge in [-0.3, -0.25) is 4.79 Å². The van der Waals surface area contributed by atoms with Gasteiger partial charge in [0.1, 0.15) is 0 Å². The Morgan fingerprint density at radius 1 is 1.32 bits per heavy atom. The van der Waals surface area contributed by atoms with Crippen LogP contribution in [0.3, 0.4) is 0 Å². The number of halogens is 1. The fraction of sp³-hybridized carbons (Fsp3) is 0.125. The minimum Gasteiger partial charge on any atom is -0.478 e. The molecule has 0 saturated heterocycles. The average molecular weight is 361 g/mol. The number of hydrogen-bond acceptors (Lipinski definition) is 2. The number of carboxylic acids is 1. The molecule has 2 heterocycles. The van der Waals surface area contributed by atoms with Crippen LogP contribution >= 0.6 is 15.9 Å². The van der Waals surface area contributed by atoms with E-state index >= 15 is 0 Å². The van der Waals surface area contributed by atoms with Crippen LogP contribution < -0.4 is 5.32 Å².